The summed E-state index contributed by atoms with van der Waals surface area (Å²) >= 11 is 1.40. The zero-order chi connectivity index (χ0) is 13.7. The number of nitrogens with zero attached hydrogens (tertiary/aromatic N) is 2. The summed E-state index contributed by atoms with van der Waals surface area (Å²) in [6.07, 6.45) is 0. The Labute approximate surface area is 115 Å². The Balaban J connectivity index is 1.97. The van der Waals surface area contributed by atoms with E-state index in [0.717, 1.165) is 5.56 Å². The first-order valence-corrected chi connectivity index (χ1v) is 6.83. The van der Waals surface area contributed by atoms with Crippen molar-refractivity contribution in [2.24, 2.45) is 0 Å². The van der Waals surface area contributed by atoms with E-state index in [9.17, 15) is 4.79 Å². The maximum atomic E-state index is 11.3. The van der Waals surface area contributed by atoms with Gasteiger partial charge in [-0.15, -0.1) is 11.8 Å². The summed E-state index contributed by atoms with van der Waals surface area (Å²) in [5.74, 6) is 1.28. The number of hydrogen-bond acceptors (Lipinski definition) is 6. The van der Waals surface area contributed by atoms with Crippen molar-refractivity contribution in [1.82, 2.24) is 10.1 Å². The van der Waals surface area contributed by atoms with Crippen LogP contribution < -0.4 is 0 Å². The zero-order valence-electron chi connectivity index (χ0n) is 10.7. The number of esters is 1. The molecule has 0 saturated carbocycles. The maximum Gasteiger partial charge on any atom is 0.318 e. The Hall–Kier alpha value is -1.82. The van der Waals surface area contributed by atoms with Crippen LogP contribution in [0.2, 0.25) is 0 Å². The molecule has 100 valence electrons. The molecule has 2 rings (SSSR count). The number of ether oxygens (including phenoxy) is 1. The predicted molar refractivity (Wildman–Crippen MR) is 72.5 cm³/mol. The second-order valence-corrected chi connectivity index (χ2v) is 5.18. The zero-order valence-corrected chi connectivity index (χ0v) is 11.5. The van der Waals surface area contributed by atoms with Gasteiger partial charge >= 0.3 is 5.97 Å². The van der Waals surface area contributed by atoms with Crippen LogP contribution in [-0.2, 0) is 15.3 Å². The van der Waals surface area contributed by atoms with Crippen molar-refractivity contribution < 1.29 is 14.1 Å². The number of benzene rings is 1. The van der Waals surface area contributed by atoms with E-state index < -0.39 is 0 Å². The molecule has 0 aliphatic carbocycles. The lowest BCUT2D eigenvalue weighted by molar-refractivity contribution is -0.139. The Morgan fingerprint density at radius 1 is 1.42 bits per heavy atom. The van der Waals surface area contributed by atoms with Crippen molar-refractivity contribution in [3.63, 3.8) is 0 Å². The van der Waals surface area contributed by atoms with Gasteiger partial charge in [-0.2, -0.15) is 4.98 Å². The average molecular weight is 278 g/mol. The van der Waals surface area contributed by atoms with Crippen molar-refractivity contribution in [1.29, 1.82) is 0 Å². The van der Waals surface area contributed by atoms with Crippen molar-refractivity contribution in [3.05, 3.63) is 36.2 Å². The molecule has 1 heterocycles. The van der Waals surface area contributed by atoms with Gasteiger partial charge in [-0.3, -0.25) is 4.79 Å². The summed E-state index contributed by atoms with van der Waals surface area (Å²) in [4.78, 5) is 15.5. The molecule has 0 N–H and O–H groups in total. The second-order valence-electron chi connectivity index (χ2n) is 3.85. The molecule has 19 heavy (non-hydrogen) atoms. The molecule has 0 aliphatic heterocycles. The Morgan fingerprint density at radius 2 is 2.16 bits per heavy atom. The standard InChI is InChI=1S/C13H14N2O3S/c1-9(13(16)17-2)19-8-11-14-12(15-18-11)10-6-4-3-5-7-10/h3-7,9H,8H2,1-2H3. The molecule has 0 bridgehead atoms. The number of carbonyl (C=O) groups excluding carboxylic acids is 1. The number of carbonyl (C=O) groups is 1. The van der Waals surface area contributed by atoms with Crippen molar-refractivity contribution in [2.45, 2.75) is 17.9 Å². The third-order valence-electron chi connectivity index (χ3n) is 2.49. The number of hydrogen-bond donors (Lipinski definition) is 0. The SMILES string of the molecule is COC(=O)C(C)SCc1nc(-c2ccccc2)no1. The predicted octanol–water partition coefficient (Wildman–Crippen LogP) is 2.53. The average Bonchev–Trinajstić information content (AvgIpc) is 2.93. The van der Waals surface area contributed by atoms with Crippen LogP contribution in [0.25, 0.3) is 11.4 Å². The second kappa shape index (κ2) is 6.38. The highest BCUT2D eigenvalue weighted by Gasteiger charge is 2.16. The van der Waals surface area contributed by atoms with Gasteiger partial charge < -0.3 is 9.26 Å². The molecular formula is C13H14N2O3S. The molecule has 0 saturated heterocycles. The fourth-order valence-corrected chi connectivity index (χ4v) is 2.19. The van der Waals surface area contributed by atoms with Crippen LogP contribution in [-0.4, -0.2) is 28.5 Å². The van der Waals surface area contributed by atoms with Crippen LogP contribution in [0.1, 0.15) is 12.8 Å². The molecule has 0 radical (unpaired) electrons. The molecular weight excluding hydrogens is 264 g/mol. The van der Waals surface area contributed by atoms with Gasteiger partial charge in [-0.05, 0) is 6.92 Å². The lowest BCUT2D eigenvalue weighted by atomic mass is 10.2. The summed E-state index contributed by atoms with van der Waals surface area (Å²) in [6.45, 7) is 1.78. The van der Waals surface area contributed by atoms with Gasteiger partial charge in [0.1, 0.15) is 5.25 Å². The summed E-state index contributed by atoms with van der Waals surface area (Å²) in [5, 5.41) is 3.66. The molecule has 5 nitrogen and oxygen atoms in total. The van der Waals surface area contributed by atoms with Crippen molar-refractivity contribution in [3.8, 4) is 11.4 Å². The van der Waals surface area contributed by atoms with Gasteiger partial charge in [0.15, 0.2) is 0 Å². The topological polar surface area (TPSA) is 65.2 Å². The van der Waals surface area contributed by atoms with Crippen molar-refractivity contribution in [2.75, 3.05) is 7.11 Å². The monoisotopic (exact) mass is 278 g/mol. The summed E-state index contributed by atoms with van der Waals surface area (Å²) in [5.41, 5.74) is 0.906. The molecule has 0 spiro atoms. The van der Waals surface area contributed by atoms with Gasteiger partial charge in [0.25, 0.3) is 0 Å². The third kappa shape index (κ3) is 3.57. The van der Waals surface area contributed by atoms with Crippen LogP contribution in [0.4, 0.5) is 0 Å². The molecule has 0 amide bonds. The number of rotatable bonds is 5. The van der Waals surface area contributed by atoms with Crippen LogP contribution in [0.15, 0.2) is 34.9 Å². The van der Waals surface area contributed by atoms with Gasteiger partial charge in [-0.1, -0.05) is 35.5 Å². The summed E-state index contributed by atoms with van der Waals surface area (Å²) in [6, 6.07) is 9.59. The maximum absolute atomic E-state index is 11.3. The number of thioether (sulfide) groups is 1. The van der Waals surface area contributed by atoms with Crippen LogP contribution in [0, 0.1) is 0 Å². The van der Waals surface area contributed by atoms with E-state index in [1.165, 1.54) is 18.9 Å². The lowest BCUT2D eigenvalue weighted by Gasteiger charge is -2.05. The van der Waals surface area contributed by atoms with Crippen molar-refractivity contribution >= 4 is 17.7 Å². The van der Waals surface area contributed by atoms with E-state index in [1.807, 2.05) is 30.3 Å². The molecule has 2 aromatic rings. The van der Waals surface area contributed by atoms with Crippen LogP contribution in [0.3, 0.4) is 0 Å². The van der Waals surface area contributed by atoms with E-state index in [-0.39, 0.29) is 11.2 Å². The van der Waals surface area contributed by atoms with E-state index in [0.29, 0.717) is 17.5 Å². The molecule has 1 unspecified atom stereocenters. The fourth-order valence-electron chi connectivity index (χ4n) is 1.45. The molecule has 0 fully saturated rings. The largest absolute Gasteiger partial charge is 0.468 e. The highest BCUT2D eigenvalue weighted by Crippen LogP contribution is 2.20. The minimum absolute atomic E-state index is 0.253. The first-order valence-electron chi connectivity index (χ1n) is 5.78. The Morgan fingerprint density at radius 3 is 2.84 bits per heavy atom. The molecule has 1 aromatic heterocycles. The minimum atomic E-state index is -0.257. The first kappa shape index (κ1) is 13.6. The van der Waals surface area contributed by atoms with E-state index >= 15 is 0 Å². The lowest BCUT2D eigenvalue weighted by Crippen LogP contribution is -2.14. The summed E-state index contributed by atoms with van der Waals surface area (Å²) in [7, 11) is 1.37. The molecule has 0 aliphatic rings. The smallest absolute Gasteiger partial charge is 0.318 e. The highest BCUT2D eigenvalue weighted by molar-refractivity contribution is 7.99. The number of aromatic nitrogens is 2. The quantitative estimate of drug-likeness (QED) is 0.783. The molecule has 6 heteroatoms. The Kier molecular flexibility index (Phi) is 4.57. The van der Waals surface area contributed by atoms with E-state index in [2.05, 4.69) is 14.9 Å². The van der Waals surface area contributed by atoms with Gasteiger partial charge in [-0.25, -0.2) is 0 Å². The normalized spacial score (nSPS) is 12.1. The third-order valence-corrected chi connectivity index (χ3v) is 3.60. The molecule has 1 aromatic carbocycles. The Bertz CT molecular complexity index is 542. The summed E-state index contributed by atoms with van der Waals surface area (Å²) < 4.78 is 9.80. The highest BCUT2D eigenvalue weighted by atomic mass is 32.2. The van der Waals surface area contributed by atoms with E-state index in [4.69, 9.17) is 4.52 Å². The first-order chi connectivity index (χ1) is 9.20. The fraction of sp³-hybridized carbons (Fsp3) is 0.308. The molecule has 1 atom stereocenters. The van der Waals surface area contributed by atoms with Gasteiger partial charge in [0.2, 0.25) is 11.7 Å². The number of methoxy groups -OCH3 is 1. The van der Waals surface area contributed by atoms with Crippen LogP contribution >= 0.6 is 11.8 Å². The van der Waals surface area contributed by atoms with E-state index in [1.54, 1.807) is 6.92 Å². The van der Waals surface area contributed by atoms with Crippen LogP contribution in [0.5, 0.6) is 0 Å². The van der Waals surface area contributed by atoms with Gasteiger partial charge in [0, 0.05) is 5.56 Å². The minimum Gasteiger partial charge on any atom is -0.468 e. The van der Waals surface area contributed by atoms with Gasteiger partial charge in [0.05, 0.1) is 12.9 Å².